The zero-order valence-corrected chi connectivity index (χ0v) is 10.6. The molecule has 0 aliphatic rings. The lowest BCUT2D eigenvalue weighted by atomic mass is 10.1. The summed E-state index contributed by atoms with van der Waals surface area (Å²) in [4.78, 5) is 25.0. The number of rotatable bonds is 3. The van der Waals surface area contributed by atoms with Crippen LogP contribution in [0.4, 0.5) is 10.7 Å². The van der Waals surface area contributed by atoms with Crippen molar-refractivity contribution in [3.05, 3.63) is 39.6 Å². The van der Waals surface area contributed by atoms with Gasteiger partial charge in [0.05, 0.1) is 4.92 Å². The Labute approximate surface area is 111 Å². The summed E-state index contributed by atoms with van der Waals surface area (Å²) in [7, 11) is 0. The van der Waals surface area contributed by atoms with E-state index in [1.165, 1.54) is 12.1 Å². The van der Waals surface area contributed by atoms with Crippen molar-refractivity contribution in [2.24, 2.45) is 0 Å². The van der Waals surface area contributed by atoms with Gasteiger partial charge in [-0.1, -0.05) is 11.3 Å². The van der Waals surface area contributed by atoms with E-state index in [0.29, 0.717) is 16.1 Å². The number of carboxylic acid groups (broad SMARTS) is 1. The number of carboxylic acids is 1. The molecule has 0 atom stereocenters. The number of aromatic nitrogens is 1. The van der Waals surface area contributed by atoms with Crippen molar-refractivity contribution >= 4 is 28.0 Å². The molecule has 0 amide bonds. The van der Waals surface area contributed by atoms with Gasteiger partial charge in [0, 0.05) is 17.7 Å². The largest absolute Gasteiger partial charge is 0.476 e. The number of nitro benzene ring substituents is 1. The molecule has 1 aromatic carbocycles. The number of hydrogen-bond acceptors (Lipinski definition) is 6. The normalized spacial score (nSPS) is 10.4. The van der Waals surface area contributed by atoms with Gasteiger partial charge < -0.3 is 10.8 Å². The van der Waals surface area contributed by atoms with Crippen LogP contribution in [0.15, 0.2) is 18.2 Å². The van der Waals surface area contributed by atoms with Gasteiger partial charge in [-0.3, -0.25) is 10.1 Å². The number of thiazole rings is 1. The van der Waals surface area contributed by atoms with Crippen molar-refractivity contribution in [1.29, 1.82) is 0 Å². The van der Waals surface area contributed by atoms with Crippen LogP contribution in [0.1, 0.15) is 16.1 Å². The van der Waals surface area contributed by atoms with Crippen LogP contribution >= 0.6 is 11.3 Å². The van der Waals surface area contributed by atoms with E-state index in [1.54, 1.807) is 13.0 Å². The molecule has 0 aliphatic heterocycles. The summed E-state index contributed by atoms with van der Waals surface area (Å²) in [6, 6.07) is 4.46. The quantitative estimate of drug-likeness (QED) is 0.657. The summed E-state index contributed by atoms with van der Waals surface area (Å²) in [6.45, 7) is 1.71. The van der Waals surface area contributed by atoms with Crippen molar-refractivity contribution in [2.45, 2.75) is 6.92 Å². The van der Waals surface area contributed by atoms with Crippen molar-refractivity contribution in [3.8, 4) is 10.6 Å². The third-order valence-electron chi connectivity index (χ3n) is 2.38. The van der Waals surface area contributed by atoms with E-state index < -0.39 is 10.9 Å². The van der Waals surface area contributed by atoms with Crippen LogP contribution in [0.25, 0.3) is 10.6 Å². The van der Waals surface area contributed by atoms with E-state index in [9.17, 15) is 14.9 Å². The molecule has 0 spiro atoms. The second kappa shape index (κ2) is 4.65. The van der Waals surface area contributed by atoms with E-state index in [-0.39, 0.29) is 16.4 Å². The third-order valence-corrected chi connectivity index (χ3v) is 3.31. The Morgan fingerprint density at radius 1 is 1.47 bits per heavy atom. The summed E-state index contributed by atoms with van der Waals surface area (Å²) in [6.07, 6.45) is 0. The molecule has 3 N–H and O–H groups in total. The Hall–Kier alpha value is -2.48. The molecule has 1 heterocycles. The van der Waals surface area contributed by atoms with E-state index in [2.05, 4.69) is 4.98 Å². The number of nitrogens with two attached hydrogens (primary N) is 1. The number of aromatic carboxylic acids is 1. The number of nitrogens with zero attached hydrogens (tertiary/aromatic N) is 2. The maximum absolute atomic E-state index is 10.9. The predicted octanol–water partition coefficient (Wildman–Crippen LogP) is 2.31. The second-order valence-corrected chi connectivity index (χ2v) is 4.88. The Kier molecular flexibility index (Phi) is 3.17. The summed E-state index contributed by atoms with van der Waals surface area (Å²) < 4.78 is 0. The lowest BCUT2D eigenvalue weighted by Gasteiger charge is -1.99. The van der Waals surface area contributed by atoms with E-state index in [1.807, 2.05) is 0 Å². The zero-order chi connectivity index (χ0) is 14.2. The van der Waals surface area contributed by atoms with Crippen LogP contribution in [-0.2, 0) is 0 Å². The minimum atomic E-state index is -1.22. The fraction of sp³-hybridized carbons (Fsp3) is 0.0909. The van der Waals surface area contributed by atoms with Crippen LogP contribution < -0.4 is 5.73 Å². The standard InChI is InChI=1S/C11H9N3O4S/c1-5-2-6(4-7(3-5)14(17)18)10-13-8(11(15)16)9(12)19-10/h2-4H,12H2,1H3,(H,15,16). The first-order valence-corrected chi connectivity index (χ1v) is 5.96. The molecule has 2 rings (SSSR count). The molecular formula is C11H9N3O4S. The Balaban J connectivity index is 2.55. The first-order chi connectivity index (χ1) is 8.88. The zero-order valence-electron chi connectivity index (χ0n) is 9.78. The Morgan fingerprint density at radius 2 is 2.16 bits per heavy atom. The summed E-state index contributed by atoms with van der Waals surface area (Å²) in [5.74, 6) is -1.22. The van der Waals surface area contributed by atoms with Crippen LogP contribution in [-0.4, -0.2) is 21.0 Å². The molecule has 8 heteroatoms. The molecule has 0 saturated carbocycles. The molecule has 98 valence electrons. The Bertz CT molecular complexity index is 681. The molecular weight excluding hydrogens is 270 g/mol. The molecule has 19 heavy (non-hydrogen) atoms. The van der Waals surface area contributed by atoms with Crippen molar-refractivity contribution in [3.63, 3.8) is 0 Å². The van der Waals surface area contributed by atoms with E-state index >= 15 is 0 Å². The number of non-ortho nitro benzene ring substituents is 1. The highest BCUT2D eigenvalue weighted by Crippen LogP contribution is 2.32. The first-order valence-electron chi connectivity index (χ1n) is 5.14. The van der Waals surface area contributed by atoms with E-state index in [0.717, 1.165) is 11.3 Å². The summed E-state index contributed by atoms with van der Waals surface area (Å²) in [5.41, 5.74) is 6.43. The molecule has 0 unspecified atom stereocenters. The van der Waals surface area contributed by atoms with Gasteiger partial charge >= 0.3 is 5.97 Å². The first kappa shape index (κ1) is 13.0. The number of anilines is 1. The lowest BCUT2D eigenvalue weighted by Crippen LogP contribution is -2.00. The van der Waals surface area contributed by atoms with Crippen molar-refractivity contribution in [2.75, 3.05) is 5.73 Å². The molecule has 1 aromatic heterocycles. The van der Waals surface area contributed by atoms with Gasteiger partial charge in [-0.2, -0.15) is 0 Å². The summed E-state index contributed by atoms with van der Waals surface area (Å²) >= 11 is 0.988. The van der Waals surface area contributed by atoms with Gasteiger partial charge in [-0.25, -0.2) is 9.78 Å². The fourth-order valence-corrected chi connectivity index (χ4v) is 2.41. The monoisotopic (exact) mass is 279 g/mol. The number of nitrogen functional groups attached to an aromatic ring is 1. The van der Waals surface area contributed by atoms with Gasteiger partial charge in [0.25, 0.3) is 5.69 Å². The van der Waals surface area contributed by atoms with Crippen molar-refractivity contribution in [1.82, 2.24) is 4.98 Å². The molecule has 7 nitrogen and oxygen atoms in total. The number of benzene rings is 1. The lowest BCUT2D eigenvalue weighted by molar-refractivity contribution is -0.384. The molecule has 0 fully saturated rings. The number of nitro groups is 1. The highest BCUT2D eigenvalue weighted by Gasteiger charge is 2.18. The number of aryl methyl sites for hydroxylation is 1. The van der Waals surface area contributed by atoms with Gasteiger partial charge in [0.1, 0.15) is 10.0 Å². The summed E-state index contributed by atoms with van der Waals surface area (Å²) in [5, 5.41) is 20.1. The van der Waals surface area contributed by atoms with Gasteiger partial charge in [-0.15, -0.1) is 0 Å². The van der Waals surface area contributed by atoms with Crippen LogP contribution in [0.3, 0.4) is 0 Å². The topological polar surface area (TPSA) is 119 Å². The molecule has 0 saturated heterocycles. The van der Waals surface area contributed by atoms with Gasteiger partial charge in [0.15, 0.2) is 5.69 Å². The fourth-order valence-electron chi connectivity index (χ4n) is 1.60. The highest BCUT2D eigenvalue weighted by atomic mass is 32.1. The van der Waals surface area contributed by atoms with E-state index in [4.69, 9.17) is 10.8 Å². The SMILES string of the molecule is Cc1cc(-c2nc(C(=O)O)c(N)s2)cc([N+](=O)[O-])c1. The molecule has 0 radical (unpaired) electrons. The van der Waals surface area contributed by atoms with Crippen LogP contribution in [0, 0.1) is 17.0 Å². The average Bonchev–Trinajstić information content (AvgIpc) is 2.70. The van der Waals surface area contributed by atoms with Gasteiger partial charge in [0.2, 0.25) is 0 Å². The predicted molar refractivity (Wildman–Crippen MR) is 70.3 cm³/mol. The molecule has 0 bridgehead atoms. The second-order valence-electron chi connectivity index (χ2n) is 3.85. The van der Waals surface area contributed by atoms with Crippen molar-refractivity contribution < 1.29 is 14.8 Å². The smallest absolute Gasteiger partial charge is 0.357 e. The van der Waals surface area contributed by atoms with Crippen LogP contribution in [0.2, 0.25) is 0 Å². The Morgan fingerprint density at radius 3 is 2.68 bits per heavy atom. The molecule has 0 aliphatic carbocycles. The minimum Gasteiger partial charge on any atom is -0.476 e. The van der Waals surface area contributed by atoms with Gasteiger partial charge in [-0.05, 0) is 18.6 Å². The third kappa shape index (κ3) is 2.52. The van der Waals surface area contributed by atoms with Crippen LogP contribution in [0.5, 0.6) is 0 Å². The number of carbonyl (C=O) groups is 1. The maximum Gasteiger partial charge on any atom is 0.357 e. The average molecular weight is 279 g/mol. The number of hydrogen-bond donors (Lipinski definition) is 2. The maximum atomic E-state index is 10.9. The molecule has 2 aromatic rings. The highest BCUT2D eigenvalue weighted by molar-refractivity contribution is 7.19. The minimum absolute atomic E-state index is 0.0688.